The second-order valence-electron chi connectivity index (χ2n) is 6.19. The number of nitriles is 1. The summed E-state index contributed by atoms with van der Waals surface area (Å²) in [4.78, 5) is 10.4. The summed E-state index contributed by atoms with van der Waals surface area (Å²) in [5.41, 5.74) is 1.67. The van der Waals surface area contributed by atoms with Crippen molar-refractivity contribution < 1.29 is 10.0 Å². The molecule has 7 nitrogen and oxygen atoms in total. The number of likely N-dealkylation sites (tertiary alicyclic amines) is 1. The zero-order chi connectivity index (χ0) is 17.6. The average molecular weight is 337 g/mol. The minimum absolute atomic E-state index is 0.180. The van der Waals surface area contributed by atoms with Crippen LogP contribution < -0.4 is 10.8 Å². The molecule has 1 saturated heterocycles. The van der Waals surface area contributed by atoms with E-state index in [0.717, 1.165) is 38.0 Å². The van der Waals surface area contributed by atoms with Crippen molar-refractivity contribution in [1.82, 2.24) is 14.9 Å². The van der Waals surface area contributed by atoms with Gasteiger partial charge in [-0.2, -0.15) is 5.26 Å². The third-order valence-electron chi connectivity index (χ3n) is 4.38. The molecule has 1 fully saturated rings. The van der Waals surface area contributed by atoms with E-state index < -0.39 is 7.12 Å². The Morgan fingerprint density at radius 1 is 1.20 bits per heavy atom. The number of benzene rings is 1. The Morgan fingerprint density at radius 3 is 2.56 bits per heavy atom. The van der Waals surface area contributed by atoms with E-state index in [1.807, 2.05) is 18.2 Å². The molecule has 128 valence electrons. The molecule has 0 aliphatic carbocycles. The molecule has 0 unspecified atom stereocenters. The zero-order valence-corrected chi connectivity index (χ0v) is 13.8. The van der Waals surface area contributed by atoms with E-state index in [4.69, 9.17) is 15.3 Å². The Labute approximate surface area is 147 Å². The number of anilines is 1. The van der Waals surface area contributed by atoms with Gasteiger partial charge in [0, 0.05) is 31.9 Å². The Bertz CT molecular complexity index is 739. The van der Waals surface area contributed by atoms with E-state index in [1.165, 1.54) is 0 Å². The number of hydrogen-bond donors (Lipinski definition) is 3. The highest BCUT2D eigenvalue weighted by Crippen LogP contribution is 2.17. The maximum atomic E-state index is 9.13. The molecule has 3 N–H and O–H groups in total. The van der Waals surface area contributed by atoms with Crippen molar-refractivity contribution in [3.05, 3.63) is 47.9 Å². The normalized spacial score (nSPS) is 15.6. The van der Waals surface area contributed by atoms with Gasteiger partial charge in [0.25, 0.3) is 0 Å². The molecule has 2 aromatic rings. The summed E-state index contributed by atoms with van der Waals surface area (Å²) in [6.45, 7) is 2.79. The predicted octanol–water partition coefficient (Wildman–Crippen LogP) is 0.105. The quantitative estimate of drug-likeness (QED) is 0.665. The van der Waals surface area contributed by atoms with Crippen LogP contribution >= 0.6 is 0 Å². The van der Waals surface area contributed by atoms with Crippen molar-refractivity contribution in [1.29, 1.82) is 5.26 Å². The van der Waals surface area contributed by atoms with Crippen molar-refractivity contribution in [2.75, 3.05) is 18.4 Å². The van der Waals surface area contributed by atoms with Crippen molar-refractivity contribution in [2.24, 2.45) is 0 Å². The first-order chi connectivity index (χ1) is 12.1. The van der Waals surface area contributed by atoms with Gasteiger partial charge in [0.15, 0.2) is 0 Å². The fraction of sp³-hybridized carbons (Fsp3) is 0.353. The lowest BCUT2D eigenvalue weighted by molar-refractivity contribution is 0.211. The van der Waals surface area contributed by atoms with E-state index >= 15 is 0 Å². The molecule has 0 amide bonds. The topological polar surface area (TPSA) is 105 Å². The third kappa shape index (κ3) is 4.76. The van der Waals surface area contributed by atoms with Crippen LogP contribution in [0.4, 0.5) is 5.82 Å². The van der Waals surface area contributed by atoms with Gasteiger partial charge in [0.05, 0.1) is 0 Å². The summed E-state index contributed by atoms with van der Waals surface area (Å²) in [7, 11) is -1.42. The first-order valence-electron chi connectivity index (χ1n) is 8.31. The van der Waals surface area contributed by atoms with E-state index in [0.29, 0.717) is 17.3 Å². The number of aromatic nitrogens is 2. The molecule has 1 aromatic heterocycles. The largest absolute Gasteiger partial charge is 0.488 e. The molecular formula is C17H20BN5O2. The van der Waals surface area contributed by atoms with Crippen molar-refractivity contribution in [3.63, 3.8) is 0 Å². The molecule has 1 aliphatic heterocycles. The van der Waals surface area contributed by atoms with Gasteiger partial charge in [-0.3, -0.25) is 4.90 Å². The molecule has 3 rings (SSSR count). The predicted molar refractivity (Wildman–Crippen MR) is 94.9 cm³/mol. The lowest BCUT2D eigenvalue weighted by Gasteiger charge is -2.32. The van der Waals surface area contributed by atoms with Crippen molar-refractivity contribution >= 4 is 18.4 Å². The highest BCUT2D eigenvalue weighted by Gasteiger charge is 2.20. The van der Waals surface area contributed by atoms with Gasteiger partial charge in [-0.05, 0) is 29.9 Å². The number of nitrogens with zero attached hydrogens (tertiary/aromatic N) is 4. The minimum atomic E-state index is -1.42. The van der Waals surface area contributed by atoms with Gasteiger partial charge in [-0.25, -0.2) is 9.97 Å². The van der Waals surface area contributed by atoms with Crippen LogP contribution in [0.3, 0.4) is 0 Å². The molecule has 0 bridgehead atoms. The fourth-order valence-corrected chi connectivity index (χ4v) is 2.99. The molecule has 8 heteroatoms. The Hall–Kier alpha value is -2.47. The number of hydrogen-bond acceptors (Lipinski definition) is 7. The van der Waals surface area contributed by atoms with Gasteiger partial charge in [-0.1, -0.05) is 24.3 Å². The average Bonchev–Trinajstić information content (AvgIpc) is 2.64. The van der Waals surface area contributed by atoms with Crippen LogP contribution in [0.2, 0.25) is 0 Å². The first kappa shape index (κ1) is 17.4. The second-order valence-corrected chi connectivity index (χ2v) is 6.19. The molecule has 0 radical (unpaired) electrons. The van der Waals surface area contributed by atoms with Crippen LogP contribution in [0.15, 0.2) is 36.5 Å². The number of nitrogens with one attached hydrogen (secondary N) is 1. The summed E-state index contributed by atoms with van der Waals surface area (Å²) in [5.74, 6) is 0.877. The Balaban J connectivity index is 1.49. The lowest BCUT2D eigenvalue weighted by Crippen LogP contribution is -2.39. The van der Waals surface area contributed by atoms with E-state index in [1.54, 1.807) is 24.4 Å². The fourth-order valence-electron chi connectivity index (χ4n) is 2.99. The summed E-state index contributed by atoms with van der Waals surface area (Å²) in [6, 6.07) is 11.4. The molecule has 25 heavy (non-hydrogen) atoms. The summed E-state index contributed by atoms with van der Waals surface area (Å²) < 4.78 is 0. The second kappa shape index (κ2) is 8.07. The maximum absolute atomic E-state index is 9.13. The first-order valence-corrected chi connectivity index (χ1v) is 8.31. The minimum Gasteiger partial charge on any atom is -0.423 e. The van der Waals surface area contributed by atoms with Gasteiger partial charge >= 0.3 is 7.12 Å². The van der Waals surface area contributed by atoms with E-state index in [-0.39, 0.29) is 5.82 Å². The van der Waals surface area contributed by atoms with Crippen LogP contribution in [0, 0.1) is 11.3 Å². The van der Waals surface area contributed by atoms with Crippen molar-refractivity contribution in [3.8, 4) is 6.07 Å². The lowest BCUT2D eigenvalue weighted by atomic mass is 9.80. The van der Waals surface area contributed by atoms with Gasteiger partial charge in [0.1, 0.15) is 11.9 Å². The van der Waals surface area contributed by atoms with Crippen LogP contribution in [0.1, 0.15) is 24.2 Å². The highest BCUT2D eigenvalue weighted by molar-refractivity contribution is 6.58. The van der Waals surface area contributed by atoms with E-state index in [9.17, 15) is 0 Å². The molecular weight excluding hydrogens is 317 g/mol. The zero-order valence-electron chi connectivity index (χ0n) is 13.8. The van der Waals surface area contributed by atoms with E-state index in [2.05, 4.69) is 20.2 Å². The van der Waals surface area contributed by atoms with Crippen LogP contribution in [-0.4, -0.2) is 51.2 Å². The Morgan fingerprint density at radius 2 is 1.92 bits per heavy atom. The van der Waals surface area contributed by atoms with Crippen LogP contribution in [0.25, 0.3) is 0 Å². The van der Waals surface area contributed by atoms with Crippen LogP contribution in [-0.2, 0) is 6.54 Å². The summed E-state index contributed by atoms with van der Waals surface area (Å²) >= 11 is 0. The summed E-state index contributed by atoms with van der Waals surface area (Å²) in [5, 5.41) is 30.5. The molecule has 1 aliphatic rings. The molecule has 1 aromatic carbocycles. The Kier molecular flexibility index (Phi) is 5.61. The smallest absolute Gasteiger partial charge is 0.423 e. The van der Waals surface area contributed by atoms with Gasteiger partial charge < -0.3 is 15.4 Å². The summed E-state index contributed by atoms with van der Waals surface area (Å²) in [6.07, 6.45) is 3.59. The monoisotopic (exact) mass is 337 g/mol. The van der Waals surface area contributed by atoms with Gasteiger partial charge in [0.2, 0.25) is 5.82 Å². The van der Waals surface area contributed by atoms with Crippen molar-refractivity contribution in [2.45, 2.75) is 25.4 Å². The number of rotatable bonds is 5. The highest BCUT2D eigenvalue weighted by atomic mass is 16.4. The number of piperidine rings is 1. The third-order valence-corrected chi connectivity index (χ3v) is 4.38. The standard InChI is InChI=1S/C17H20BN5O2/c19-11-17-20-8-5-16(22-17)21-15-6-9-23(10-7-15)12-13-1-3-14(4-2-13)18(24)25/h1-5,8,15,24-25H,6-7,9-10,12H2,(H,20,21,22). The molecule has 0 saturated carbocycles. The molecule has 0 atom stereocenters. The maximum Gasteiger partial charge on any atom is 0.488 e. The molecule has 2 heterocycles. The van der Waals surface area contributed by atoms with Gasteiger partial charge in [-0.15, -0.1) is 0 Å². The SMILES string of the molecule is N#Cc1nccc(NC2CCN(Cc3ccc(B(O)O)cc3)CC2)n1. The molecule has 0 spiro atoms. The van der Waals surface area contributed by atoms with Crippen LogP contribution in [0.5, 0.6) is 0 Å².